The molecule has 2 aromatic heterocycles. The van der Waals surface area contributed by atoms with Crippen LogP contribution in [0.25, 0.3) is 16.6 Å². The second-order valence-electron chi connectivity index (χ2n) is 4.85. The molecule has 20 heavy (non-hydrogen) atoms. The summed E-state index contributed by atoms with van der Waals surface area (Å²) in [4.78, 5) is 4.30. The highest BCUT2D eigenvalue weighted by molar-refractivity contribution is 5.75. The lowest BCUT2D eigenvalue weighted by molar-refractivity contribution is 0.416. The zero-order valence-corrected chi connectivity index (χ0v) is 11.6. The minimum Gasteiger partial charge on any atom is -0.496 e. The molecule has 0 aliphatic rings. The fourth-order valence-corrected chi connectivity index (χ4v) is 2.36. The predicted molar refractivity (Wildman–Crippen MR) is 79.8 cm³/mol. The molecule has 0 unspecified atom stereocenters. The van der Waals surface area contributed by atoms with Crippen LogP contribution in [-0.2, 0) is 6.54 Å². The van der Waals surface area contributed by atoms with Crippen molar-refractivity contribution in [2.75, 3.05) is 7.11 Å². The van der Waals surface area contributed by atoms with Crippen molar-refractivity contribution in [3.63, 3.8) is 0 Å². The van der Waals surface area contributed by atoms with Gasteiger partial charge >= 0.3 is 0 Å². The van der Waals surface area contributed by atoms with Crippen molar-refractivity contribution in [1.29, 1.82) is 0 Å². The van der Waals surface area contributed by atoms with E-state index >= 15 is 0 Å². The van der Waals surface area contributed by atoms with E-state index in [2.05, 4.69) is 30.2 Å². The third-order valence-corrected chi connectivity index (χ3v) is 3.42. The second kappa shape index (κ2) is 4.98. The van der Waals surface area contributed by atoms with Crippen molar-refractivity contribution >= 4 is 5.52 Å². The van der Waals surface area contributed by atoms with Crippen LogP contribution in [0.2, 0.25) is 0 Å². The predicted octanol–water partition coefficient (Wildman–Crippen LogP) is 2.78. The third kappa shape index (κ3) is 2.14. The number of nitrogens with zero attached hydrogens (tertiary/aromatic N) is 2. The molecule has 1 aromatic carbocycles. The molecule has 0 saturated heterocycles. The minimum atomic E-state index is 0.449. The van der Waals surface area contributed by atoms with E-state index in [4.69, 9.17) is 10.5 Å². The summed E-state index contributed by atoms with van der Waals surface area (Å²) in [5, 5.41) is 0. The average Bonchev–Trinajstić information content (AvgIpc) is 2.89. The number of nitrogens with two attached hydrogens (primary N) is 1. The maximum atomic E-state index is 5.63. The van der Waals surface area contributed by atoms with Crippen molar-refractivity contribution in [3.8, 4) is 16.9 Å². The number of hydrogen-bond donors (Lipinski definition) is 1. The quantitative estimate of drug-likeness (QED) is 0.794. The first-order valence-corrected chi connectivity index (χ1v) is 6.53. The lowest BCUT2D eigenvalue weighted by atomic mass is 10.1. The van der Waals surface area contributed by atoms with Gasteiger partial charge in [0.05, 0.1) is 19.1 Å². The van der Waals surface area contributed by atoms with Crippen LogP contribution in [0.1, 0.15) is 11.3 Å². The van der Waals surface area contributed by atoms with Crippen LogP contribution in [-0.4, -0.2) is 16.5 Å². The Morgan fingerprint density at radius 3 is 2.85 bits per heavy atom. The van der Waals surface area contributed by atoms with Crippen LogP contribution in [0.15, 0.2) is 42.9 Å². The lowest BCUT2D eigenvalue weighted by Gasteiger charge is -2.07. The molecule has 102 valence electrons. The Bertz CT molecular complexity index is 762. The molecular formula is C16H17N3O. The first-order chi connectivity index (χ1) is 9.71. The van der Waals surface area contributed by atoms with Crippen LogP contribution in [0, 0.1) is 6.92 Å². The molecule has 0 amide bonds. The summed E-state index contributed by atoms with van der Waals surface area (Å²) in [6, 6.07) is 10.3. The Kier molecular flexibility index (Phi) is 3.16. The van der Waals surface area contributed by atoms with Crippen LogP contribution >= 0.6 is 0 Å². The molecule has 0 aliphatic heterocycles. The summed E-state index contributed by atoms with van der Waals surface area (Å²) in [7, 11) is 1.69. The number of aromatic nitrogens is 2. The van der Waals surface area contributed by atoms with Crippen molar-refractivity contribution in [2.45, 2.75) is 13.5 Å². The topological polar surface area (TPSA) is 52.5 Å². The standard InChI is InChI=1S/C16H17N3O/c1-11-3-4-16(20-2)15(5-11)12-6-14-7-13(8-17)18-10-19(14)9-12/h3-7,9-10H,8,17H2,1-2H3. The SMILES string of the molecule is COc1ccc(C)cc1-c1cc2cc(CN)ncn2c1. The number of methoxy groups -OCH3 is 1. The van der Waals surface area contributed by atoms with Gasteiger partial charge in [0.15, 0.2) is 0 Å². The maximum absolute atomic E-state index is 5.63. The molecule has 0 radical (unpaired) electrons. The first-order valence-electron chi connectivity index (χ1n) is 6.53. The first kappa shape index (κ1) is 12.7. The van der Waals surface area contributed by atoms with Gasteiger partial charge in [-0.2, -0.15) is 0 Å². The molecule has 0 aliphatic carbocycles. The normalized spacial score (nSPS) is 10.9. The van der Waals surface area contributed by atoms with E-state index in [-0.39, 0.29) is 0 Å². The molecule has 4 heteroatoms. The Balaban J connectivity index is 2.17. The molecule has 2 heterocycles. The van der Waals surface area contributed by atoms with Crippen LogP contribution in [0.4, 0.5) is 0 Å². The number of benzene rings is 1. The monoisotopic (exact) mass is 267 g/mol. The Labute approximate surface area is 117 Å². The smallest absolute Gasteiger partial charge is 0.126 e. The van der Waals surface area contributed by atoms with Gasteiger partial charge in [-0.3, -0.25) is 0 Å². The number of ether oxygens (including phenoxy) is 1. The zero-order valence-electron chi connectivity index (χ0n) is 11.6. The van der Waals surface area contributed by atoms with Crippen molar-refractivity contribution < 1.29 is 4.74 Å². The van der Waals surface area contributed by atoms with Gasteiger partial charge in [-0.15, -0.1) is 0 Å². The van der Waals surface area contributed by atoms with Gasteiger partial charge in [0, 0.05) is 29.4 Å². The maximum Gasteiger partial charge on any atom is 0.126 e. The van der Waals surface area contributed by atoms with Crippen molar-refractivity contribution in [1.82, 2.24) is 9.38 Å². The van der Waals surface area contributed by atoms with Gasteiger partial charge in [-0.1, -0.05) is 11.6 Å². The number of aryl methyl sites for hydroxylation is 1. The van der Waals surface area contributed by atoms with E-state index in [9.17, 15) is 0 Å². The zero-order chi connectivity index (χ0) is 14.1. The third-order valence-electron chi connectivity index (χ3n) is 3.42. The molecule has 2 N–H and O–H groups in total. The van der Waals surface area contributed by atoms with Crippen LogP contribution < -0.4 is 10.5 Å². The Hall–Kier alpha value is -2.33. The molecule has 0 fully saturated rings. The Morgan fingerprint density at radius 1 is 1.25 bits per heavy atom. The molecule has 0 spiro atoms. The summed E-state index contributed by atoms with van der Waals surface area (Å²) in [5.74, 6) is 0.874. The summed E-state index contributed by atoms with van der Waals surface area (Å²) >= 11 is 0. The number of rotatable bonds is 3. The number of fused-ring (bicyclic) bond motifs is 1. The molecule has 3 rings (SSSR count). The van der Waals surface area contributed by atoms with E-state index in [0.717, 1.165) is 28.1 Å². The van der Waals surface area contributed by atoms with E-state index < -0.39 is 0 Å². The van der Waals surface area contributed by atoms with E-state index in [1.54, 1.807) is 13.4 Å². The van der Waals surface area contributed by atoms with Crippen molar-refractivity contribution in [3.05, 3.63) is 54.1 Å². The lowest BCUT2D eigenvalue weighted by Crippen LogP contribution is -2.00. The average molecular weight is 267 g/mol. The van der Waals surface area contributed by atoms with E-state index in [1.165, 1.54) is 5.56 Å². The Morgan fingerprint density at radius 2 is 2.10 bits per heavy atom. The van der Waals surface area contributed by atoms with Gasteiger partial charge in [0.2, 0.25) is 0 Å². The van der Waals surface area contributed by atoms with Gasteiger partial charge < -0.3 is 14.9 Å². The highest BCUT2D eigenvalue weighted by Gasteiger charge is 2.09. The second-order valence-corrected chi connectivity index (χ2v) is 4.85. The largest absolute Gasteiger partial charge is 0.496 e. The molecule has 0 bridgehead atoms. The van der Waals surface area contributed by atoms with Crippen molar-refractivity contribution in [2.24, 2.45) is 5.73 Å². The molecule has 4 nitrogen and oxygen atoms in total. The van der Waals surface area contributed by atoms with E-state index in [1.807, 2.05) is 22.6 Å². The highest BCUT2D eigenvalue weighted by Crippen LogP contribution is 2.32. The van der Waals surface area contributed by atoms with Crippen LogP contribution in [0.5, 0.6) is 5.75 Å². The van der Waals surface area contributed by atoms with E-state index in [0.29, 0.717) is 6.54 Å². The fourth-order valence-electron chi connectivity index (χ4n) is 2.36. The van der Waals surface area contributed by atoms with Gasteiger partial charge in [0.25, 0.3) is 0 Å². The molecule has 0 atom stereocenters. The van der Waals surface area contributed by atoms with Gasteiger partial charge in [-0.25, -0.2) is 4.98 Å². The summed E-state index contributed by atoms with van der Waals surface area (Å²) < 4.78 is 7.45. The molecular weight excluding hydrogens is 250 g/mol. The summed E-state index contributed by atoms with van der Waals surface area (Å²) in [6.45, 7) is 2.53. The van der Waals surface area contributed by atoms with Gasteiger partial charge in [-0.05, 0) is 31.2 Å². The highest BCUT2D eigenvalue weighted by atomic mass is 16.5. The summed E-state index contributed by atoms with van der Waals surface area (Å²) in [5.41, 5.74) is 11.0. The molecule has 3 aromatic rings. The van der Waals surface area contributed by atoms with Crippen LogP contribution in [0.3, 0.4) is 0 Å². The summed E-state index contributed by atoms with van der Waals surface area (Å²) in [6.07, 6.45) is 3.85. The fraction of sp³-hybridized carbons (Fsp3) is 0.188. The van der Waals surface area contributed by atoms with Gasteiger partial charge in [0.1, 0.15) is 5.75 Å². The minimum absolute atomic E-state index is 0.449. The number of hydrogen-bond acceptors (Lipinski definition) is 3. The molecule has 0 saturated carbocycles.